The summed E-state index contributed by atoms with van der Waals surface area (Å²) in [4.78, 5) is 16.9. The molecule has 1 fully saturated rings. The molecule has 1 amide bonds. The van der Waals surface area contributed by atoms with Crippen molar-refractivity contribution in [2.75, 3.05) is 13.1 Å². The zero-order valence-electron chi connectivity index (χ0n) is 9.87. The van der Waals surface area contributed by atoms with Crippen LogP contribution in [-0.2, 0) is 0 Å². The number of H-pyrrole nitrogens is 1. The van der Waals surface area contributed by atoms with Crippen LogP contribution in [0.5, 0.6) is 0 Å². The first-order chi connectivity index (χ1) is 7.56. The zero-order chi connectivity index (χ0) is 11.7. The summed E-state index contributed by atoms with van der Waals surface area (Å²) in [6.07, 6.45) is 1.63. The maximum absolute atomic E-state index is 12.1. The van der Waals surface area contributed by atoms with Gasteiger partial charge in [0.25, 0.3) is 5.91 Å². The van der Waals surface area contributed by atoms with Gasteiger partial charge in [0.05, 0.1) is 5.02 Å². The second-order valence-corrected chi connectivity index (χ2v) is 4.85. The molecule has 0 saturated carbocycles. The van der Waals surface area contributed by atoms with E-state index < -0.39 is 0 Å². The van der Waals surface area contributed by atoms with Gasteiger partial charge in [-0.15, -0.1) is 12.4 Å². The van der Waals surface area contributed by atoms with E-state index in [1.54, 1.807) is 12.3 Å². The van der Waals surface area contributed by atoms with Crippen LogP contribution in [0.3, 0.4) is 0 Å². The van der Waals surface area contributed by atoms with E-state index >= 15 is 0 Å². The first-order valence-corrected chi connectivity index (χ1v) is 5.83. The minimum atomic E-state index is 0. The van der Waals surface area contributed by atoms with Crippen LogP contribution in [0.15, 0.2) is 12.3 Å². The Morgan fingerprint density at radius 3 is 2.47 bits per heavy atom. The molecule has 1 aliphatic rings. The fraction of sp³-hybridized carbons (Fsp3) is 0.545. The van der Waals surface area contributed by atoms with E-state index in [2.05, 4.69) is 24.1 Å². The lowest BCUT2D eigenvalue weighted by atomic mass is 10.1. The Balaban J connectivity index is 0.00000144. The van der Waals surface area contributed by atoms with E-state index in [-0.39, 0.29) is 18.3 Å². The number of aromatic amines is 1. The van der Waals surface area contributed by atoms with E-state index in [9.17, 15) is 4.79 Å². The molecule has 2 atom stereocenters. The van der Waals surface area contributed by atoms with Crippen molar-refractivity contribution in [2.24, 2.45) is 0 Å². The fourth-order valence-corrected chi connectivity index (χ4v) is 2.32. The summed E-state index contributed by atoms with van der Waals surface area (Å²) in [6, 6.07) is 2.33. The second kappa shape index (κ2) is 5.76. The van der Waals surface area contributed by atoms with Gasteiger partial charge in [-0.05, 0) is 19.9 Å². The van der Waals surface area contributed by atoms with Crippen LogP contribution in [0.1, 0.15) is 24.3 Å². The quantitative estimate of drug-likeness (QED) is 0.824. The Labute approximate surface area is 112 Å². The lowest BCUT2D eigenvalue weighted by molar-refractivity contribution is 0.0668. The van der Waals surface area contributed by atoms with Crippen molar-refractivity contribution in [1.29, 1.82) is 0 Å². The van der Waals surface area contributed by atoms with Crippen LogP contribution in [0.2, 0.25) is 5.02 Å². The average Bonchev–Trinajstić information content (AvgIpc) is 2.62. The molecular weight excluding hydrogens is 261 g/mol. The summed E-state index contributed by atoms with van der Waals surface area (Å²) in [5.41, 5.74) is 0.561. The van der Waals surface area contributed by atoms with Gasteiger partial charge in [0.15, 0.2) is 0 Å². The predicted molar refractivity (Wildman–Crippen MR) is 71.0 cm³/mol. The molecule has 0 aliphatic carbocycles. The van der Waals surface area contributed by atoms with Gasteiger partial charge in [0.1, 0.15) is 5.69 Å². The normalized spacial score (nSPS) is 24.3. The molecule has 0 aromatic carbocycles. The first kappa shape index (κ1) is 14.4. The number of nitrogens with one attached hydrogen (secondary N) is 2. The Morgan fingerprint density at radius 2 is 2.00 bits per heavy atom. The summed E-state index contributed by atoms with van der Waals surface area (Å²) in [5, 5.41) is 3.96. The number of rotatable bonds is 1. The second-order valence-electron chi connectivity index (χ2n) is 4.41. The molecule has 2 unspecified atom stereocenters. The van der Waals surface area contributed by atoms with Crippen molar-refractivity contribution >= 4 is 29.9 Å². The summed E-state index contributed by atoms with van der Waals surface area (Å²) < 4.78 is 0. The molecule has 1 aromatic heterocycles. The molecular formula is C11H17Cl2N3O. The van der Waals surface area contributed by atoms with Crippen LogP contribution in [0.4, 0.5) is 0 Å². The Kier molecular flexibility index (Phi) is 4.86. The number of amides is 1. The highest BCUT2D eigenvalue weighted by Gasteiger charge is 2.26. The maximum atomic E-state index is 12.1. The number of hydrogen-bond acceptors (Lipinski definition) is 2. The summed E-state index contributed by atoms with van der Waals surface area (Å²) in [5.74, 6) is 0.0205. The van der Waals surface area contributed by atoms with Gasteiger partial charge < -0.3 is 15.2 Å². The van der Waals surface area contributed by atoms with Gasteiger partial charge in [-0.2, -0.15) is 0 Å². The van der Waals surface area contributed by atoms with Crippen molar-refractivity contribution < 1.29 is 4.79 Å². The van der Waals surface area contributed by atoms with Gasteiger partial charge in [-0.25, -0.2) is 0 Å². The SMILES string of the molecule is CC1CN(C(=O)c2cc(Cl)c[nH]2)CC(C)N1.Cl. The number of halogens is 2. The number of nitrogens with zero attached hydrogens (tertiary/aromatic N) is 1. The molecule has 2 rings (SSSR count). The fourth-order valence-electron chi connectivity index (χ4n) is 2.15. The molecule has 96 valence electrons. The van der Waals surface area contributed by atoms with Crippen molar-refractivity contribution in [3.63, 3.8) is 0 Å². The third-order valence-corrected chi connectivity index (χ3v) is 2.94. The van der Waals surface area contributed by atoms with Gasteiger partial charge in [0.2, 0.25) is 0 Å². The third-order valence-electron chi connectivity index (χ3n) is 2.72. The van der Waals surface area contributed by atoms with Gasteiger partial charge in [-0.1, -0.05) is 11.6 Å². The monoisotopic (exact) mass is 277 g/mol. The van der Waals surface area contributed by atoms with E-state index in [1.165, 1.54) is 0 Å². The number of piperazine rings is 1. The predicted octanol–water partition coefficient (Wildman–Crippen LogP) is 1.91. The molecule has 17 heavy (non-hydrogen) atoms. The van der Waals surface area contributed by atoms with Gasteiger partial charge in [0, 0.05) is 31.4 Å². The lowest BCUT2D eigenvalue weighted by Crippen LogP contribution is -2.55. The highest BCUT2D eigenvalue weighted by atomic mass is 35.5. The minimum Gasteiger partial charge on any atom is -0.356 e. The first-order valence-electron chi connectivity index (χ1n) is 5.45. The molecule has 1 saturated heterocycles. The average molecular weight is 278 g/mol. The van der Waals surface area contributed by atoms with Gasteiger partial charge in [-0.3, -0.25) is 4.79 Å². The smallest absolute Gasteiger partial charge is 0.270 e. The summed E-state index contributed by atoms with van der Waals surface area (Å²) >= 11 is 5.79. The summed E-state index contributed by atoms with van der Waals surface area (Å²) in [6.45, 7) is 5.63. The molecule has 0 spiro atoms. The molecule has 2 heterocycles. The molecule has 0 radical (unpaired) electrons. The maximum Gasteiger partial charge on any atom is 0.270 e. The van der Waals surface area contributed by atoms with Crippen molar-refractivity contribution in [2.45, 2.75) is 25.9 Å². The molecule has 1 aliphatic heterocycles. The van der Waals surface area contributed by atoms with E-state index in [1.807, 2.05) is 4.90 Å². The number of carbonyl (C=O) groups excluding carboxylic acids is 1. The van der Waals surface area contributed by atoms with Crippen LogP contribution in [0, 0.1) is 0 Å². The zero-order valence-corrected chi connectivity index (χ0v) is 11.4. The Morgan fingerprint density at radius 1 is 1.41 bits per heavy atom. The molecule has 2 N–H and O–H groups in total. The number of aromatic nitrogens is 1. The lowest BCUT2D eigenvalue weighted by Gasteiger charge is -2.35. The largest absolute Gasteiger partial charge is 0.356 e. The molecule has 1 aromatic rings. The Hall–Kier alpha value is -0.710. The topological polar surface area (TPSA) is 48.1 Å². The summed E-state index contributed by atoms with van der Waals surface area (Å²) in [7, 11) is 0. The highest BCUT2D eigenvalue weighted by molar-refractivity contribution is 6.30. The van der Waals surface area contributed by atoms with E-state index in [0.29, 0.717) is 22.8 Å². The number of carbonyl (C=O) groups is 1. The van der Waals surface area contributed by atoms with Crippen molar-refractivity contribution in [3.05, 3.63) is 23.0 Å². The van der Waals surface area contributed by atoms with Crippen LogP contribution >= 0.6 is 24.0 Å². The van der Waals surface area contributed by atoms with Crippen LogP contribution in [0.25, 0.3) is 0 Å². The van der Waals surface area contributed by atoms with Gasteiger partial charge >= 0.3 is 0 Å². The molecule has 4 nitrogen and oxygen atoms in total. The van der Waals surface area contributed by atoms with Crippen molar-refractivity contribution in [3.8, 4) is 0 Å². The number of hydrogen-bond donors (Lipinski definition) is 2. The standard InChI is InChI=1S/C11H16ClN3O.ClH/c1-7-5-15(6-8(2)14-7)11(16)10-3-9(12)4-13-10;/h3-4,7-8,13-14H,5-6H2,1-2H3;1H. The van der Waals surface area contributed by atoms with Crippen molar-refractivity contribution in [1.82, 2.24) is 15.2 Å². The molecule has 6 heteroatoms. The van der Waals surface area contributed by atoms with Crippen LogP contribution < -0.4 is 5.32 Å². The minimum absolute atomic E-state index is 0. The highest BCUT2D eigenvalue weighted by Crippen LogP contribution is 2.13. The molecule has 0 bridgehead atoms. The third kappa shape index (κ3) is 3.37. The van der Waals surface area contributed by atoms with Crippen LogP contribution in [-0.4, -0.2) is 41.0 Å². The van der Waals surface area contributed by atoms with E-state index in [4.69, 9.17) is 11.6 Å². The Bertz CT molecular complexity index is 384. The van der Waals surface area contributed by atoms with E-state index in [0.717, 1.165) is 13.1 Å².